The van der Waals surface area contributed by atoms with E-state index in [2.05, 4.69) is 157 Å². The van der Waals surface area contributed by atoms with E-state index in [1.165, 1.54) is 22.3 Å². The van der Waals surface area contributed by atoms with Gasteiger partial charge in [0.05, 0.1) is 6.04 Å². The molecule has 45 heavy (non-hydrogen) atoms. The highest BCUT2D eigenvalue weighted by molar-refractivity contribution is 6.01. The number of benzene rings is 6. The first kappa shape index (κ1) is 25.6. The Bertz CT molecular complexity index is 2320. The molecule has 1 atom stereocenters. The number of fused-ring (bicyclic) bond motifs is 5. The molecule has 6 aromatic rings. The summed E-state index contributed by atoms with van der Waals surface area (Å²) in [5.74, 6) is 1.54. The number of hydrogen-bond acceptors (Lipinski definition) is 3. The van der Waals surface area contributed by atoms with E-state index in [0.717, 1.165) is 61.3 Å². The quantitative estimate of drug-likeness (QED) is 0.226. The van der Waals surface area contributed by atoms with Gasteiger partial charge in [0.25, 0.3) is 0 Å². The van der Waals surface area contributed by atoms with Gasteiger partial charge < -0.3 is 10.1 Å². The van der Waals surface area contributed by atoms with Crippen molar-refractivity contribution in [3.8, 4) is 56.0 Å². The lowest BCUT2D eigenvalue weighted by Gasteiger charge is -2.23. The molecule has 0 amide bonds. The second-order valence-electron chi connectivity index (χ2n) is 11.5. The van der Waals surface area contributed by atoms with Gasteiger partial charge in [-0.15, -0.1) is 0 Å². The van der Waals surface area contributed by atoms with Crippen LogP contribution in [0.15, 0.2) is 163 Å². The molecule has 1 aliphatic carbocycles. The summed E-state index contributed by atoms with van der Waals surface area (Å²) in [5, 5.41) is 5.64. The molecule has 0 radical (unpaired) electrons. The number of anilines is 1. The Kier molecular flexibility index (Phi) is 5.88. The Balaban J connectivity index is 1.36. The summed E-state index contributed by atoms with van der Waals surface area (Å²) in [6.07, 6.45) is 8.57. The van der Waals surface area contributed by atoms with E-state index in [-0.39, 0.29) is 6.04 Å². The lowest BCUT2D eigenvalue weighted by molar-refractivity contribution is 0.469. The molecule has 0 bridgehead atoms. The number of nitrogens with zero attached hydrogens (tertiary/aromatic N) is 1. The summed E-state index contributed by atoms with van der Waals surface area (Å²) in [5.41, 5.74) is 12.3. The summed E-state index contributed by atoms with van der Waals surface area (Å²) in [6, 6.07) is 47.1. The lowest BCUT2D eigenvalue weighted by atomic mass is 9.85. The van der Waals surface area contributed by atoms with Crippen LogP contribution in [0, 0.1) is 0 Å². The topological polar surface area (TPSA) is 33.6 Å². The highest BCUT2D eigenvalue weighted by Crippen LogP contribution is 2.50. The van der Waals surface area contributed by atoms with Crippen molar-refractivity contribution >= 4 is 16.9 Å². The van der Waals surface area contributed by atoms with Crippen LogP contribution >= 0.6 is 0 Å². The highest BCUT2D eigenvalue weighted by atomic mass is 16.5. The van der Waals surface area contributed by atoms with E-state index < -0.39 is 0 Å². The molecule has 0 saturated carbocycles. The summed E-state index contributed by atoms with van der Waals surface area (Å²) < 4.78 is 6.70. The van der Waals surface area contributed by atoms with Crippen molar-refractivity contribution in [2.24, 2.45) is 4.99 Å². The van der Waals surface area contributed by atoms with Crippen LogP contribution < -0.4 is 20.6 Å². The Labute approximate surface area is 261 Å². The van der Waals surface area contributed by atoms with Crippen molar-refractivity contribution in [1.82, 2.24) is 0 Å². The van der Waals surface area contributed by atoms with E-state index >= 15 is 0 Å². The molecule has 0 fully saturated rings. The van der Waals surface area contributed by atoms with Crippen molar-refractivity contribution in [3.63, 3.8) is 0 Å². The molecule has 0 aromatic heterocycles. The van der Waals surface area contributed by atoms with E-state index in [0.29, 0.717) is 0 Å². The molecule has 2 aliphatic heterocycles. The zero-order valence-corrected chi connectivity index (χ0v) is 24.4. The number of allylic oxidation sites excluding steroid dienone is 2. The second kappa shape index (κ2) is 10.4. The van der Waals surface area contributed by atoms with Gasteiger partial charge in [-0.1, -0.05) is 133 Å². The van der Waals surface area contributed by atoms with Crippen molar-refractivity contribution in [3.05, 3.63) is 168 Å². The SMILES string of the molecule is C1=CC2=c3c(ccc4c3=Nc3c(ccc(-c5ccccc5)c3-c3ccccc3-c3ccccc3-c3ccccc3)O4)NC2C=C1. The molecule has 3 heteroatoms. The average molecular weight is 577 g/mol. The minimum Gasteiger partial charge on any atom is -0.453 e. The predicted octanol–water partition coefficient (Wildman–Crippen LogP) is 9.48. The molecule has 6 aromatic carbocycles. The number of ether oxygens (including phenoxy) is 1. The molecule has 1 unspecified atom stereocenters. The maximum atomic E-state index is 6.70. The van der Waals surface area contributed by atoms with Crippen LogP contribution in [0.5, 0.6) is 11.5 Å². The van der Waals surface area contributed by atoms with E-state index in [4.69, 9.17) is 9.73 Å². The van der Waals surface area contributed by atoms with E-state index in [1.54, 1.807) is 0 Å². The molecule has 0 saturated heterocycles. The normalized spacial score (nSPS) is 15.2. The molecule has 2 heterocycles. The minimum atomic E-state index is 0.137. The summed E-state index contributed by atoms with van der Waals surface area (Å²) in [6.45, 7) is 0. The monoisotopic (exact) mass is 576 g/mol. The minimum absolute atomic E-state index is 0.137. The van der Waals surface area contributed by atoms with Crippen molar-refractivity contribution in [2.75, 3.05) is 5.32 Å². The van der Waals surface area contributed by atoms with Gasteiger partial charge in [0.1, 0.15) is 11.0 Å². The van der Waals surface area contributed by atoms with Gasteiger partial charge in [0, 0.05) is 16.5 Å². The molecule has 3 aliphatic rings. The Hall–Kier alpha value is -5.93. The van der Waals surface area contributed by atoms with Crippen LogP contribution in [0.25, 0.3) is 50.1 Å². The predicted molar refractivity (Wildman–Crippen MR) is 184 cm³/mol. The standard InChI is InChI=1S/C42H28N2O/c1-3-13-27(14-4-1)29-17-7-8-18-31(29)32-19-9-10-20-33(32)39-30(28-15-5-2-6-16-28)23-25-37-41(39)44-42-38(45-37)26-24-36-40(42)34-21-11-12-22-35(34)43-36/h1-26,35,43H. The number of rotatable bonds is 4. The summed E-state index contributed by atoms with van der Waals surface area (Å²) >= 11 is 0. The van der Waals surface area contributed by atoms with Crippen molar-refractivity contribution in [1.29, 1.82) is 0 Å². The fourth-order valence-corrected chi connectivity index (χ4v) is 6.90. The van der Waals surface area contributed by atoms with Crippen LogP contribution in [-0.4, -0.2) is 6.04 Å². The zero-order chi connectivity index (χ0) is 29.7. The van der Waals surface area contributed by atoms with Crippen LogP contribution in [0.1, 0.15) is 0 Å². The first-order chi connectivity index (χ1) is 22.3. The van der Waals surface area contributed by atoms with Gasteiger partial charge in [-0.05, 0) is 68.8 Å². The zero-order valence-electron chi connectivity index (χ0n) is 24.4. The van der Waals surface area contributed by atoms with Gasteiger partial charge >= 0.3 is 0 Å². The molecule has 0 spiro atoms. The average Bonchev–Trinajstić information content (AvgIpc) is 3.50. The third kappa shape index (κ3) is 4.16. The van der Waals surface area contributed by atoms with Gasteiger partial charge in [-0.25, -0.2) is 4.99 Å². The maximum Gasteiger partial charge on any atom is 0.153 e. The largest absolute Gasteiger partial charge is 0.453 e. The first-order valence-electron chi connectivity index (χ1n) is 15.4. The number of nitrogens with one attached hydrogen (secondary N) is 1. The van der Waals surface area contributed by atoms with Crippen molar-refractivity contribution in [2.45, 2.75) is 6.04 Å². The van der Waals surface area contributed by atoms with Gasteiger partial charge in [-0.2, -0.15) is 0 Å². The molecular weight excluding hydrogens is 548 g/mol. The Morgan fingerprint density at radius 1 is 0.533 bits per heavy atom. The smallest absolute Gasteiger partial charge is 0.153 e. The van der Waals surface area contributed by atoms with Gasteiger partial charge in [-0.3, -0.25) is 0 Å². The van der Waals surface area contributed by atoms with Crippen molar-refractivity contribution < 1.29 is 4.74 Å². The highest BCUT2D eigenvalue weighted by Gasteiger charge is 2.27. The lowest BCUT2D eigenvalue weighted by Crippen LogP contribution is -2.29. The molecule has 1 N–H and O–H groups in total. The number of hydrogen-bond donors (Lipinski definition) is 1. The third-order valence-corrected chi connectivity index (χ3v) is 8.93. The Morgan fingerprint density at radius 3 is 1.91 bits per heavy atom. The second-order valence-corrected chi connectivity index (χ2v) is 11.5. The first-order valence-corrected chi connectivity index (χ1v) is 15.4. The van der Waals surface area contributed by atoms with Crippen LogP contribution in [0.4, 0.5) is 11.4 Å². The summed E-state index contributed by atoms with van der Waals surface area (Å²) in [7, 11) is 0. The fraction of sp³-hybridized carbons (Fsp3) is 0.0238. The maximum absolute atomic E-state index is 6.70. The van der Waals surface area contributed by atoms with Crippen LogP contribution in [-0.2, 0) is 0 Å². The Morgan fingerprint density at radius 2 is 1.16 bits per heavy atom. The fourth-order valence-electron chi connectivity index (χ4n) is 6.90. The molecule has 212 valence electrons. The van der Waals surface area contributed by atoms with Crippen LogP contribution in [0.2, 0.25) is 0 Å². The van der Waals surface area contributed by atoms with E-state index in [9.17, 15) is 0 Å². The molecule has 9 rings (SSSR count). The van der Waals surface area contributed by atoms with Gasteiger partial charge in [0.15, 0.2) is 11.5 Å². The van der Waals surface area contributed by atoms with E-state index in [1.807, 2.05) is 6.07 Å². The van der Waals surface area contributed by atoms with Gasteiger partial charge in [0.2, 0.25) is 0 Å². The van der Waals surface area contributed by atoms with Crippen LogP contribution in [0.3, 0.4) is 0 Å². The molecule has 3 nitrogen and oxygen atoms in total. The molecular formula is C42H28N2O. The summed E-state index contributed by atoms with van der Waals surface area (Å²) in [4.78, 5) is 5.51. The third-order valence-electron chi connectivity index (χ3n) is 8.93.